The van der Waals surface area contributed by atoms with Crippen LogP contribution in [0.3, 0.4) is 0 Å². The maximum atomic E-state index is 12.5. The van der Waals surface area contributed by atoms with Gasteiger partial charge in [0.15, 0.2) is 12.4 Å². The molecule has 1 amide bonds. The van der Waals surface area contributed by atoms with Gasteiger partial charge < -0.3 is 14.8 Å². The third-order valence-electron chi connectivity index (χ3n) is 4.29. The van der Waals surface area contributed by atoms with Crippen molar-refractivity contribution in [1.82, 2.24) is 5.32 Å². The number of methoxy groups -OCH3 is 1. The number of rotatable bonds is 8. The van der Waals surface area contributed by atoms with Crippen molar-refractivity contribution in [3.63, 3.8) is 0 Å². The number of ether oxygens (including phenoxy) is 2. The topological polar surface area (TPSA) is 90.7 Å². The summed E-state index contributed by atoms with van der Waals surface area (Å²) in [5.74, 6) is -0.0588. The Balaban J connectivity index is 1.74. The van der Waals surface area contributed by atoms with Gasteiger partial charge >= 0.3 is 5.69 Å². The Labute approximate surface area is 168 Å². The van der Waals surface area contributed by atoms with Crippen LogP contribution in [0.2, 0.25) is 0 Å². The standard InChI is InChI=1S/C22H20N2O5/c1-28-18-12-13-20(19(14-18)24(26)27)29-15-21(25)23-22(16-8-4-2-5-9-16)17-10-6-3-7-11-17/h2-14,22H,15H2,1H3,(H,23,25). The summed E-state index contributed by atoms with van der Waals surface area (Å²) in [5.41, 5.74) is 1.57. The first-order valence-corrected chi connectivity index (χ1v) is 8.93. The number of nitrogens with one attached hydrogen (secondary N) is 1. The van der Waals surface area contributed by atoms with E-state index in [2.05, 4.69) is 5.32 Å². The molecule has 0 atom stereocenters. The van der Waals surface area contributed by atoms with Gasteiger partial charge in [-0.1, -0.05) is 60.7 Å². The van der Waals surface area contributed by atoms with Gasteiger partial charge in [-0.05, 0) is 23.3 Å². The zero-order valence-corrected chi connectivity index (χ0v) is 15.8. The van der Waals surface area contributed by atoms with Crippen molar-refractivity contribution in [2.24, 2.45) is 0 Å². The fourth-order valence-electron chi connectivity index (χ4n) is 2.88. The predicted octanol–water partition coefficient (Wildman–Crippen LogP) is 3.89. The van der Waals surface area contributed by atoms with Gasteiger partial charge in [0, 0.05) is 0 Å². The van der Waals surface area contributed by atoms with Gasteiger partial charge in [0.05, 0.1) is 24.1 Å². The van der Waals surface area contributed by atoms with E-state index in [1.54, 1.807) is 0 Å². The van der Waals surface area contributed by atoms with Crippen LogP contribution in [0.1, 0.15) is 17.2 Å². The van der Waals surface area contributed by atoms with Gasteiger partial charge in [-0.2, -0.15) is 0 Å². The van der Waals surface area contributed by atoms with Crippen LogP contribution in [0, 0.1) is 10.1 Å². The van der Waals surface area contributed by atoms with Gasteiger partial charge in [-0.25, -0.2) is 0 Å². The van der Waals surface area contributed by atoms with Gasteiger partial charge in [-0.3, -0.25) is 14.9 Å². The molecule has 3 aromatic rings. The molecule has 0 radical (unpaired) electrons. The highest BCUT2D eigenvalue weighted by molar-refractivity contribution is 5.78. The van der Waals surface area contributed by atoms with Crippen molar-refractivity contribution in [1.29, 1.82) is 0 Å². The molecule has 3 aromatic carbocycles. The molecule has 7 nitrogen and oxygen atoms in total. The number of benzene rings is 3. The summed E-state index contributed by atoms with van der Waals surface area (Å²) < 4.78 is 10.4. The van der Waals surface area contributed by atoms with Crippen LogP contribution in [0.5, 0.6) is 11.5 Å². The van der Waals surface area contributed by atoms with Gasteiger partial charge in [-0.15, -0.1) is 0 Å². The van der Waals surface area contributed by atoms with Crippen molar-refractivity contribution in [3.05, 3.63) is 100 Å². The highest BCUT2D eigenvalue weighted by Gasteiger charge is 2.20. The second kappa shape index (κ2) is 9.36. The molecule has 0 aliphatic heterocycles. The Bertz CT molecular complexity index is 938. The smallest absolute Gasteiger partial charge is 0.314 e. The molecule has 29 heavy (non-hydrogen) atoms. The highest BCUT2D eigenvalue weighted by atomic mass is 16.6. The van der Waals surface area contributed by atoms with Crippen molar-refractivity contribution in [3.8, 4) is 11.5 Å². The van der Waals surface area contributed by atoms with Crippen LogP contribution < -0.4 is 14.8 Å². The SMILES string of the molecule is COc1ccc(OCC(=O)NC(c2ccccc2)c2ccccc2)c([N+](=O)[O-])c1. The van der Waals surface area contributed by atoms with Crippen LogP contribution >= 0.6 is 0 Å². The lowest BCUT2D eigenvalue weighted by molar-refractivity contribution is -0.385. The molecule has 0 aromatic heterocycles. The first-order chi connectivity index (χ1) is 14.1. The van der Waals surface area contributed by atoms with Crippen LogP contribution in [0.25, 0.3) is 0 Å². The maximum absolute atomic E-state index is 12.5. The zero-order chi connectivity index (χ0) is 20.6. The van der Waals surface area contributed by atoms with E-state index >= 15 is 0 Å². The average molecular weight is 392 g/mol. The number of nitrogens with zero attached hydrogens (tertiary/aromatic N) is 1. The fourth-order valence-corrected chi connectivity index (χ4v) is 2.88. The molecule has 0 aliphatic carbocycles. The van der Waals surface area contributed by atoms with E-state index in [4.69, 9.17) is 9.47 Å². The van der Waals surface area contributed by atoms with Crippen molar-refractivity contribution in [2.75, 3.05) is 13.7 Å². The fraction of sp³-hybridized carbons (Fsp3) is 0.136. The molecule has 1 N–H and O–H groups in total. The quantitative estimate of drug-likeness (QED) is 0.464. The van der Waals surface area contributed by atoms with Gasteiger partial charge in [0.25, 0.3) is 5.91 Å². The molecule has 0 saturated heterocycles. The summed E-state index contributed by atoms with van der Waals surface area (Å²) in [6, 6.07) is 22.9. The Hall–Kier alpha value is -3.87. The van der Waals surface area contributed by atoms with Crippen LogP contribution in [-0.2, 0) is 4.79 Å². The van der Waals surface area contributed by atoms with E-state index in [0.717, 1.165) is 11.1 Å². The minimum atomic E-state index is -0.577. The minimum Gasteiger partial charge on any atom is -0.496 e. The summed E-state index contributed by atoms with van der Waals surface area (Å²) in [4.78, 5) is 23.2. The van der Waals surface area contributed by atoms with E-state index in [9.17, 15) is 14.9 Å². The van der Waals surface area contributed by atoms with Crippen molar-refractivity contribution >= 4 is 11.6 Å². The molecule has 0 unspecified atom stereocenters. The molecule has 148 valence electrons. The molecule has 3 rings (SSSR count). The number of amides is 1. The number of hydrogen-bond donors (Lipinski definition) is 1. The van der Waals surface area contributed by atoms with E-state index in [1.807, 2.05) is 60.7 Å². The van der Waals surface area contributed by atoms with E-state index < -0.39 is 10.8 Å². The molecule has 0 fully saturated rings. The molecular weight excluding hydrogens is 372 g/mol. The molecule has 0 heterocycles. The highest BCUT2D eigenvalue weighted by Crippen LogP contribution is 2.31. The first-order valence-electron chi connectivity index (χ1n) is 8.93. The van der Waals surface area contributed by atoms with Gasteiger partial charge in [0.2, 0.25) is 0 Å². The second-order valence-corrected chi connectivity index (χ2v) is 6.20. The largest absolute Gasteiger partial charge is 0.496 e. The summed E-state index contributed by atoms with van der Waals surface area (Å²) in [6.45, 7) is -0.358. The Morgan fingerprint density at radius 1 is 1.00 bits per heavy atom. The minimum absolute atomic E-state index is 0.00178. The predicted molar refractivity (Wildman–Crippen MR) is 108 cm³/mol. The number of nitro benzene ring substituents is 1. The third kappa shape index (κ3) is 5.10. The first kappa shape index (κ1) is 19.9. The maximum Gasteiger partial charge on any atom is 0.314 e. The summed E-state index contributed by atoms with van der Waals surface area (Å²) >= 11 is 0. The molecular formula is C22H20N2O5. The Morgan fingerprint density at radius 3 is 2.10 bits per heavy atom. The molecule has 7 heteroatoms. The second-order valence-electron chi connectivity index (χ2n) is 6.20. The number of carbonyl (C=O) groups is 1. The lowest BCUT2D eigenvalue weighted by Crippen LogP contribution is -2.33. The molecule has 0 bridgehead atoms. The lowest BCUT2D eigenvalue weighted by Gasteiger charge is -2.20. The number of nitro groups is 1. The Morgan fingerprint density at radius 2 is 1.59 bits per heavy atom. The summed E-state index contributed by atoms with van der Waals surface area (Å²) in [7, 11) is 1.42. The van der Waals surface area contributed by atoms with Crippen molar-refractivity contribution in [2.45, 2.75) is 6.04 Å². The number of hydrogen-bond acceptors (Lipinski definition) is 5. The third-order valence-corrected chi connectivity index (χ3v) is 4.29. The van der Waals surface area contributed by atoms with Gasteiger partial charge in [0.1, 0.15) is 5.75 Å². The molecule has 0 saturated carbocycles. The zero-order valence-electron chi connectivity index (χ0n) is 15.8. The Kier molecular flexibility index (Phi) is 6.42. The van der Waals surface area contributed by atoms with Crippen LogP contribution in [0.4, 0.5) is 5.69 Å². The van der Waals surface area contributed by atoms with Crippen LogP contribution in [-0.4, -0.2) is 24.5 Å². The summed E-state index contributed by atoms with van der Waals surface area (Å²) in [5, 5.41) is 14.2. The monoisotopic (exact) mass is 392 g/mol. The van der Waals surface area contributed by atoms with E-state index in [0.29, 0.717) is 5.75 Å². The van der Waals surface area contributed by atoms with E-state index in [-0.39, 0.29) is 24.1 Å². The van der Waals surface area contributed by atoms with Crippen LogP contribution in [0.15, 0.2) is 78.9 Å². The summed E-state index contributed by atoms with van der Waals surface area (Å²) in [6.07, 6.45) is 0. The molecule has 0 spiro atoms. The average Bonchev–Trinajstić information content (AvgIpc) is 2.77. The molecule has 0 aliphatic rings. The normalized spacial score (nSPS) is 10.4. The lowest BCUT2D eigenvalue weighted by atomic mass is 9.99. The number of carbonyl (C=O) groups excluding carboxylic acids is 1. The van der Waals surface area contributed by atoms with E-state index in [1.165, 1.54) is 25.3 Å². The van der Waals surface area contributed by atoms with Crippen molar-refractivity contribution < 1.29 is 19.2 Å².